The molecule has 33 heavy (non-hydrogen) atoms. The number of allylic oxidation sites excluding steroid dienone is 1. The lowest BCUT2D eigenvalue weighted by molar-refractivity contribution is -0.138. The first-order valence-corrected chi connectivity index (χ1v) is 10.6. The van der Waals surface area contributed by atoms with Crippen LogP contribution in [0.4, 0.5) is 18.9 Å². The van der Waals surface area contributed by atoms with Crippen molar-refractivity contribution in [3.8, 4) is 5.75 Å². The van der Waals surface area contributed by atoms with Crippen molar-refractivity contribution in [1.29, 1.82) is 0 Å². The van der Waals surface area contributed by atoms with Crippen molar-refractivity contribution in [2.45, 2.75) is 24.9 Å². The number of halogens is 4. The molecule has 2 unspecified atom stereocenters. The third-order valence-corrected chi connectivity index (χ3v) is 5.98. The van der Waals surface area contributed by atoms with Crippen LogP contribution in [0, 0.1) is 5.92 Å². The maximum Gasteiger partial charge on any atom is 0.416 e. The molecule has 1 heterocycles. The largest absolute Gasteiger partial charge is 0.497 e. The maximum absolute atomic E-state index is 14.0. The van der Waals surface area contributed by atoms with Crippen molar-refractivity contribution < 1.29 is 22.7 Å². The van der Waals surface area contributed by atoms with E-state index in [0.29, 0.717) is 30.9 Å². The highest BCUT2D eigenvalue weighted by molar-refractivity contribution is 5.97. The average molecular weight is 483 g/mol. The second-order valence-corrected chi connectivity index (χ2v) is 8.31. The molecule has 1 amide bonds. The molecule has 2 aromatic rings. The van der Waals surface area contributed by atoms with Crippen LogP contribution in [0.3, 0.4) is 0 Å². The van der Waals surface area contributed by atoms with E-state index in [1.165, 1.54) is 11.0 Å². The first-order chi connectivity index (χ1) is 15.2. The summed E-state index contributed by atoms with van der Waals surface area (Å²) < 4.78 is 47.2. The Bertz CT molecular complexity index is 961. The molecule has 0 saturated carbocycles. The highest BCUT2D eigenvalue weighted by Crippen LogP contribution is 2.44. The maximum atomic E-state index is 14.0. The summed E-state index contributed by atoms with van der Waals surface area (Å²) in [5.74, 6) is -0.460. The van der Waals surface area contributed by atoms with Crippen molar-refractivity contribution in [2.75, 3.05) is 39.2 Å². The van der Waals surface area contributed by atoms with Gasteiger partial charge in [0.2, 0.25) is 5.91 Å². The Morgan fingerprint density at radius 3 is 2.39 bits per heavy atom. The van der Waals surface area contributed by atoms with Crippen LogP contribution in [0.5, 0.6) is 5.75 Å². The fraction of sp³-hybridized carbons (Fsp3) is 0.400. The zero-order chi connectivity index (χ0) is 23.5. The van der Waals surface area contributed by atoms with Crippen molar-refractivity contribution in [3.05, 3.63) is 71.8 Å². The molecule has 0 saturated heterocycles. The smallest absolute Gasteiger partial charge is 0.416 e. The molecule has 1 aliphatic heterocycles. The van der Waals surface area contributed by atoms with Gasteiger partial charge in [-0.2, -0.15) is 13.2 Å². The topological polar surface area (TPSA) is 32.8 Å². The molecule has 0 N–H and O–H groups in total. The molecule has 8 heteroatoms. The number of anilines is 1. The van der Waals surface area contributed by atoms with Crippen LogP contribution in [0.15, 0.2) is 55.1 Å². The van der Waals surface area contributed by atoms with E-state index in [4.69, 9.17) is 4.74 Å². The van der Waals surface area contributed by atoms with Crippen LogP contribution >= 0.6 is 12.4 Å². The van der Waals surface area contributed by atoms with Gasteiger partial charge >= 0.3 is 6.18 Å². The molecular formula is C25H30ClF3N2O2. The monoisotopic (exact) mass is 482 g/mol. The van der Waals surface area contributed by atoms with E-state index in [2.05, 4.69) is 6.58 Å². The number of carbonyl (C=O) groups excluding carboxylic acids is 1. The Labute approximate surface area is 199 Å². The molecule has 3 rings (SSSR count). The molecule has 0 fully saturated rings. The first-order valence-electron chi connectivity index (χ1n) is 10.6. The second kappa shape index (κ2) is 11.1. The second-order valence-electron chi connectivity index (χ2n) is 8.31. The van der Waals surface area contributed by atoms with Crippen LogP contribution in [-0.4, -0.2) is 45.1 Å². The zero-order valence-electron chi connectivity index (χ0n) is 19.1. The Hall–Kier alpha value is -2.51. The third-order valence-electron chi connectivity index (χ3n) is 5.98. The predicted octanol–water partition coefficient (Wildman–Crippen LogP) is 5.56. The number of benzene rings is 2. The number of fused-ring (bicyclic) bond motifs is 1. The summed E-state index contributed by atoms with van der Waals surface area (Å²) in [6.07, 6.45) is -2.35. The summed E-state index contributed by atoms with van der Waals surface area (Å²) in [7, 11) is 5.30. The van der Waals surface area contributed by atoms with Gasteiger partial charge in [-0.1, -0.05) is 24.3 Å². The fourth-order valence-corrected chi connectivity index (χ4v) is 4.34. The van der Waals surface area contributed by atoms with Crippen LogP contribution in [0.1, 0.15) is 29.0 Å². The van der Waals surface area contributed by atoms with E-state index in [9.17, 15) is 18.0 Å². The van der Waals surface area contributed by atoms with Gasteiger partial charge in [-0.3, -0.25) is 4.79 Å². The van der Waals surface area contributed by atoms with Crippen LogP contribution in [-0.2, 0) is 17.4 Å². The zero-order valence-corrected chi connectivity index (χ0v) is 19.9. The van der Waals surface area contributed by atoms with E-state index in [1.807, 2.05) is 31.1 Å². The van der Waals surface area contributed by atoms with E-state index in [1.54, 1.807) is 31.4 Å². The Morgan fingerprint density at radius 2 is 1.85 bits per heavy atom. The number of ether oxygens (including phenoxy) is 1. The lowest BCUT2D eigenvalue weighted by atomic mass is 9.79. The number of nitrogens with zero attached hydrogens (tertiary/aromatic N) is 2. The minimum Gasteiger partial charge on any atom is -0.497 e. The molecule has 0 aliphatic carbocycles. The molecule has 0 bridgehead atoms. The summed E-state index contributed by atoms with van der Waals surface area (Å²) >= 11 is 0. The summed E-state index contributed by atoms with van der Waals surface area (Å²) in [5, 5.41) is 0. The fourth-order valence-electron chi connectivity index (χ4n) is 4.34. The quantitative estimate of drug-likeness (QED) is 0.484. The number of amides is 1. The van der Waals surface area contributed by atoms with Gasteiger partial charge in [0, 0.05) is 24.7 Å². The number of rotatable bonds is 7. The normalized spacial score (nSPS) is 18.4. The van der Waals surface area contributed by atoms with Gasteiger partial charge in [0.1, 0.15) is 5.75 Å². The van der Waals surface area contributed by atoms with Gasteiger partial charge in [0.05, 0.1) is 12.7 Å². The van der Waals surface area contributed by atoms with Crippen LogP contribution in [0.25, 0.3) is 0 Å². The molecule has 2 aromatic carbocycles. The van der Waals surface area contributed by atoms with Gasteiger partial charge in [0.15, 0.2) is 0 Å². The average Bonchev–Trinajstić information content (AvgIpc) is 2.86. The highest BCUT2D eigenvalue weighted by Gasteiger charge is 2.42. The number of methoxy groups -OCH3 is 1. The van der Waals surface area contributed by atoms with Gasteiger partial charge in [-0.25, -0.2) is 0 Å². The first kappa shape index (κ1) is 26.7. The standard InChI is InChI=1S/C25H29F3N2O2.ClH/c1-5-7-19-20(17-10-12-18(32-4)13-11-17)16-21-22(25(26,27)28)8-6-9-23(21)30(24(19)31)15-14-29(2)3;/h5-6,8-13,19-20H,1,7,14-16H2,2-4H3;1H. The Morgan fingerprint density at radius 1 is 1.18 bits per heavy atom. The number of carbonyl (C=O) groups is 1. The molecule has 0 aromatic heterocycles. The minimum atomic E-state index is -4.51. The van der Waals surface area contributed by atoms with Crippen molar-refractivity contribution in [2.24, 2.45) is 5.92 Å². The van der Waals surface area contributed by atoms with Crippen LogP contribution < -0.4 is 9.64 Å². The number of hydrogen-bond donors (Lipinski definition) is 0. The van der Waals surface area contributed by atoms with E-state index < -0.39 is 23.6 Å². The van der Waals surface area contributed by atoms with E-state index >= 15 is 0 Å². The summed E-state index contributed by atoms with van der Waals surface area (Å²) in [4.78, 5) is 17.2. The summed E-state index contributed by atoms with van der Waals surface area (Å²) in [6, 6.07) is 11.3. The highest BCUT2D eigenvalue weighted by atomic mass is 35.5. The molecule has 180 valence electrons. The lowest BCUT2D eigenvalue weighted by Gasteiger charge is -2.29. The third kappa shape index (κ3) is 5.89. The summed E-state index contributed by atoms with van der Waals surface area (Å²) in [5.41, 5.74) is 0.634. The minimum absolute atomic E-state index is 0. The summed E-state index contributed by atoms with van der Waals surface area (Å²) in [6.45, 7) is 4.65. The molecule has 1 aliphatic rings. The number of likely N-dealkylation sites (N-methyl/N-ethyl adjacent to an activating group) is 1. The van der Waals surface area contributed by atoms with Gasteiger partial charge in [0.25, 0.3) is 0 Å². The van der Waals surface area contributed by atoms with Crippen LogP contribution in [0.2, 0.25) is 0 Å². The molecule has 4 nitrogen and oxygen atoms in total. The van der Waals surface area contributed by atoms with Gasteiger partial charge in [-0.05, 0) is 68.2 Å². The Balaban J connectivity index is 0.00000385. The van der Waals surface area contributed by atoms with Crippen molar-refractivity contribution in [1.82, 2.24) is 4.90 Å². The van der Waals surface area contributed by atoms with E-state index in [0.717, 1.165) is 11.6 Å². The van der Waals surface area contributed by atoms with Crippen molar-refractivity contribution >= 4 is 24.0 Å². The number of hydrogen-bond acceptors (Lipinski definition) is 3. The predicted molar refractivity (Wildman–Crippen MR) is 127 cm³/mol. The van der Waals surface area contributed by atoms with Gasteiger partial charge < -0.3 is 14.5 Å². The molecular weight excluding hydrogens is 453 g/mol. The lowest BCUT2D eigenvalue weighted by Crippen LogP contribution is -2.41. The number of alkyl halides is 3. The van der Waals surface area contributed by atoms with Gasteiger partial charge in [-0.15, -0.1) is 19.0 Å². The SMILES string of the molecule is C=CCC1C(=O)N(CCN(C)C)c2cccc(C(F)(F)F)c2CC1c1ccc(OC)cc1.Cl. The van der Waals surface area contributed by atoms with E-state index in [-0.39, 0.29) is 30.3 Å². The Kier molecular flexibility index (Phi) is 8.97. The molecule has 0 radical (unpaired) electrons. The van der Waals surface area contributed by atoms with Crippen molar-refractivity contribution in [3.63, 3.8) is 0 Å². The molecule has 2 atom stereocenters. The molecule has 0 spiro atoms.